The zero-order valence-corrected chi connectivity index (χ0v) is 20.3. The van der Waals surface area contributed by atoms with Crippen LogP contribution < -0.4 is 15.5 Å². The van der Waals surface area contributed by atoms with E-state index in [0.29, 0.717) is 19.5 Å². The number of anilines is 1. The summed E-state index contributed by atoms with van der Waals surface area (Å²) >= 11 is 1.62. The van der Waals surface area contributed by atoms with Gasteiger partial charge in [-0.1, -0.05) is 24.3 Å². The Hall–Kier alpha value is -1.88. The molecule has 0 aliphatic carbocycles. The topological polar surface area (TPSA) is 72.9 Å². The van der Waals surface area contributed by atoms with Gasteiger partial charge in [-0.25, -0.2) is 4.98 Å². The van der Waals surface area contributed by atoms with Crippen molar-refractivity contribution in [2.75, 3.05) is 32.6 Å². The lowest BCUT2D eigenvalue weighted by Gasteiger charge is -2.16. The Labute approximate surface area is 193 Å². The molecule has 1 aliphatic rings. The number of amides is 1. The maximum Gasteiger partial charge on any atom is 0.223 e. The molecule has 1 aromatic heterocycles. The van der Waals surface area contributed by atoms with Crippen molar-refractivity contribution in [1.29, 1.82) is 0 Å². The van der Waals surface area contributed by atoms with E-state index in [1.807, 2.05) is 41.4 Å². The number of nitrogens with zero attached hydrogens (tertiary/aromatic N) is 4. The number of benzene rings is 1. The van der Waals surface area contributed by atoms with Crippen LogP contribution >= 0.6 is 35.3 Å². The number of aliphatic imine (C=N–C) groups is 1. The van der Waals surface area contributed by atoms with Crippen LogP contribution in [-0.4, -0.2) is 49.4 Å². The Balaban J connectivity index is 0.00000300. The van der Waals surface area contributed by atoms with E-state index in [9.17, 15) is 4.79 Å². The lowest BCUT2D eigenvalue weighted by molar-refractivity contribution is -0.131. The van der Waals surface area contributed by atoms with Crippen molar-refractivity contribution >= 4 is 52.3 Å². The van der Waals surface area contributed by atoms with Gasteiger partial charge in [-0.05, 0) is 17.5 Å². The van der Waals surface area contributed by atoms with Crippen molar-refractivity contribution in [3.63, 3.8) is 0 Å². The first-order valence-corrected chi connectivity index (χ1v) is 10.4. The number of thiazole rings is 1. The largest absolute Gasteiger partial charge is 0.356 e. The Bertz CT molecular complexity index is 813. The van der Waals surface area contributed by atoms with E-state index in [0.717, 1.165) is 36.3 Å². The molecule has 2 N–H and O–H groups in total. The van der Waals surface area contributed by atoms with Crippen LogP contribution in [0.15, 0.2) is 34.6 Å². The Morgan fingerprint density at radius 1 is 1.24 bits per heavy atom. The van der Waals surface area contributed by atoms with Crippen molar-refractivity contribution < 1.29 is 4.79 Å². The zero-order valence-electron chi connectivity index (χ0n) is 17.1. The number of hydrogen-bond acceptors (Lipinski definition) is 5. The number of carbonyl (C=O) groups excluding carboxylic acids is 1. The number of hydrogen-bond donors (Lipinski definition) is 2. The molecule has 0 saturated carbocycles. The smallest absolute Gasteiger partial charge is 0.223 e. The molecule has 3 rings (SSSR count). The van der Waals surface area contributed by atoms with E-state index in [2.05, 4.69) is 32.7 Å². The van der Waals surface area contributed by atoms with Crippen LogP contribution in [0.5, 0.6) is 0 Å². The maximum atomic E-state index is 12.4. The molecule has 29 heavy (non-hydrogen) atoms. The zero-order chi connectivity index (χ0) is 19.9. The van der Waals surface area contributed by atoms with Gasteiger partial charge in [-0.3, -0.25) is 9.79 Å². The van der Waals surface area contributed by atoms with E-state index < -0.39 is 0 Å². The van der Waals surface area contributed by atoms with Gasteiger partial charge in [0.05, 0.1) is 12.2 Å². The molecule has 0 spiro atoms. The highest BCUT2D eigenvalue weighted by Gasteiger charge is 2.22. The molecule has 158 valence electrons. The van der Waals surface area contributed by atoms with Gasteiger partial charge in [0.15, 0.2) is 11.1 Å². The first kappa shape index (κ1) is 23.4. The summed E-state index contributed by atoms with van der Waals surface area (Å²) in [7, 11) is 5.71. The molecule has 0 unspecified atom stereocenters. The Morgan fingerprint density at radius 2 is 1.93 bits per heavy atom. The van der Waals surface area contributed by atoms with E-state index >= 15 is 0 Å². The first-order chi connectivity index (χ1) is 13.6. The van der Waals surface area contributed by atoms with Gasteiger partial charge in [-0.2, -0.15) is 0 Å². The van der Waals surface area contributed by atoms with Gasteiger partial charge >= 0.3 is 0 Å². The number of halogens is 1. The summed E-state index contributed by atoms with van der Waals surface area (Å²) in [4.78, 5) is 25.1. The van der Waals surface area contributed by atoms with Crippen molar-refractivity contribution in [3.8, 4) is 0 Å². The molecule has 2 aromatic rings. The fraction of sp³-hybridized carbons (Fsp3) is 0.450. The molecule has 7 nitrogen and oxygen atoms in total. The second-order valence-corrected chi connectivity index (χ2v) is 7.83. The second kappa shape index (κ2) is 11.3. The van der Waals surface area contributed by atoms with E-state index in [4.69, 9.17) is 0 Å². The van der Waals surface area contributed by atoms with Gasteiger partial charge in [-0.15, -0.1) is 35.3 Å². The van der Waals surface area contributed by atoms with Gasteiger partial charge < -0.3 is 20.4 Å². The fourth-order valence-corrected chi connectivity index (χ4v) is 3.85. The fourth-order valence-electron chi connectivity index (χ4n) is 3.09. The van der Waals surface area contributed by atoms with Crippen LogP contribution in [0.25, 0.3) is 0 Å². The molecule has 1 aliphatic heterocycles. The summed E-state index contributed by atoms with van der Waals surface area (Å²) in [6.07, 6.45) is 1.31. The number of aromatic nitrogens is 1. The molecule has 0 fully saturated rings. The SMILES string of the molecule is CN=C(NCCCC(=O)N1Cc2ccccc2C1)NCc1csc(N(C)C)n1.I. The summed E-state index contributed by atoms with van der Waals surface area (Å²) in [6.45, 7) is 2.78. The van der Waals surface area contributed by atoms with Crippen molar-refractivity contribution in [2.45, 2.75) is 32.5 Å². The third kappa shape index (κ3) is 6.56. The maximum absolute atomic E-state index is 12.4. The number of nitrogens with one attached hydrogen (secondary N) is 2. The quantitative estimate of drug-likeness (QED) is 0.250. The minimum absolute atomic E-state index is 0. The summed E-state index contributed by atoms with van der Waals surface area (Å²) in [5, 5.41) is 9.56. The molecule has 0 saturated heterocycles. The molecule has 0 radical (unpaired) electrons. The highest BCUT2D eigenvalue weighted by atomic mass is 127. The molecular formula is C20H29IN6OS. The van der Waals surface area contributed by atoms with Gasteiger partial charge in [0.2, 0.25) is 5.91 Å². The predicted molar refractivity (Wildman–Crippen MR) is 130 cm³/mol. The Kier molecular flexibility index (Phi) is 9.15. The summed E-state index contributed by atoms with van der Waals surface area (Å²) in [6, 6.07) is 8.26. The van der Waals surface area contributed by atoms with Crippen molar-refractivity contribution in [3.05, 3.63) is 46.5 Å². The van der Waals surface area contributed by atoms with Gasteiger partial charge in [0.1, 0.15) is 0 Å². The molecule has 0 atom stereocenters. The van der Waals surface area contributed by atoms with Crippen LogP contribution in [0.2, 0.25) is 0 Å². The van der Waals surface area contributed by atoms with Crippen LogP contribution in [0.1, 0.15) is 29.7 Å². The van der Waals surface area contributed by atoms with Crippen molar-refractivity contribution in [2.24, 2.45) is 4.99 Å². The molecule has 0 bridgehead atoms. The molecule has 1 amide bonds. The number of rotatable bonds is 7. The molecule has 9 heteroatoms. The van der Waals surface area contributed by atoms with Crippen LogP contribution in [0.3, 0.4) is 0 Å². The number of guanidine groups is 1. The van der Waals surface area contributed by atoms with Crippen molar-refractivity contribution in [1.82, 2.24) is 20.5 Å². The minimum Gasteiger partial charge on any atom is -0.356 e. The van der Waals surface area contributed by atoms with Gasteiger partial charge in [0.25, 0.3) is 0 Å². The number of fused-ring (bicyclic) bond motifs is 1. The normalized spacial score (nSPS) is 12.9. The van der Waals surface area contributed by atoms with Crippen LogP contribution in [0, 0.1) is 0 Å². The average molecular weight is 528 g/mol. The standard InChI is InChI=1S/C20H28N6OS.HI/c1-21-19(23-11-17-14-28-20(24-17)25(2)3)22-10-6-9-18(27)26-12-15-7-4-5-8-16(15)13-26;/h4-5,7-8,14H,6,9-13H2,1-3H3,(H2,21,22,23);1H. The lowest BCUT2D eigenvalue weighted by Crippen LogP contribution is -2.37. The molecule has 1 aromatic carbocycles. The highest BCUT2D eigenvalue weighted by molar-refractivity contribution is 14.0. The van der Waals surface area contributed by atoms with E-state index in [1.165, 1.54) is 11.1 Å². The van der Waals surface area contributed by atoms with E-state index in [1.54, 1.807) is 18.4 Å². The Morgan fingerprint density at radius 3 is 2.52 bits per heavy atom. The predicted octanol–water partition coefficient (Wildman–Crippen LogP) is 2.81. The monoisotopic (exact) mass is 528 g/mol. The van der Waals surface area contributed by atoms with E-state index in [-0.39, 0.29) is 29.9 Å². The number of carbonyl (C=O) groups is 1. The summed E-state index contributed by atoms with van der Waals surface area (Å²) in [5.74, 6) is 0.931. The van der Waals surface area contributed by atoms with Crippen LogP contribution in [-0.2, 0) is 24.4 Å². The van der Waals surface area contributed by atoms with Gasteiger partial charge in [0, 0.05) is 52.6 Å². The third-order valence-corrected chi connectivity index (χ3v) is 5.69. The first-order valence-electron chi connectivity index (χ1n) is 9.47. The van der Waals surface area contributed by atoms with Crippen LogP contribution in [0.4, 0.5) is 5.13 Å². The molecule has 2 heterocycles. The third-order valence-electron chi connectivity index (χ3n) is 4.64. The average Bonchev–Trinajstić information content (AvgIpc) is 3.34. The molecular weight excluding hydrogens is 499 g/mol. The summed E-state index contributed by atoms with van der Waals surface area (Å²) in [5.41, 5.74) is 3.51. The lowest BCUT2D eigenvalue weighted by atomic mass is 10.1. The second-order valence-electron chi connectivity index (χ2n) is 6.99. The summed E-state index contributed by atoms with van der Waals surface area (Å²) < 4.78 is 0. The highest BCUT2D eigenvalue weighted by Crippen LogP contribution is 2.22. The minimum atomic E-state index is 0.